The first-order valence-corrected chi connectivity index (χ1v) is 10.9. The zero-order chi connectivity index (χ0) is 23.5. The van der Waals surface area contributed by atoms with E-state index in [2.05, 4.69) is 20.2 Å². The molecule has 0 spiro atoms. The lowest BCUT2D eigenvalue weighted by Gasteiger charge is -2.24. The quantitative estimate of drug-likeness (QED) is 0.385. The number of hydrogen-bond donors (Lipinski definition) is 0. The Labute approximate surface area is 197 Å². The van der Waals surface area contributed by atoms with Gasteiger partial charge in [0.2, 0.25) is 5.82 Å². The van der Waals surface area contributed by atoms with Crippen LogP contribution in [0.5, 0.6) is 0 Å². The van der Waals surface area contributed by atoms with Crippen LogP contribution in [-0.4, -0.2) is 47.4 Å². The first-order valence-electron chi connectivity index (χ1n) is 10.9. The van der Waals surface area contributed by atoms with Gasteiger partial charge in [0.25, 0.3) is 5.91 Å². The van der Waals surface area contributed by atoms with E-state index in [-0.39, 0.29) is 17.8 Å². The highest BCUT2D eigenvalue weighted by Gasteiger charge is 2.25. The van der Waals surface area contributed by atoms with Crippen molar-refractivity contribution in [3.8, 4) is 22.8 Å². The molecule has 2 heterocycles. The van der Waals surface area contributed by atoms with E-state index in [1.165, 1.54) is 6.33 Å². The molecule has 0 fully saturated rings. The van der Waals surface area contributed by atoms with Crippen LogP contribution < -0.4 is 0 Å². The van der Waals surface area contributed by atoms with Gasteiger partial charge in [-0.05, 0) is 36.8 Å². The Morgan fingerprint density at radius 3 is 2.21 bits per heavy atom. The fraction of sp³-hybridized carbons (Fsp3) is 0.115. The molecule has 0 bridgehead atoms. The number of para-hydroxylation sites is 1. The Hall–Kier alpha value is -4.59. The van der Waals surface area contributed by atoms with Crippen LogP contribution in [0.3, 0.4) is 0 Å². The van der Waals surface area contributed by atoms with E-state index in [1.54, 1.807) is 27.6 Å². The number of benzene rings is 3. The summed E-state index contributed by atoms with van der Waals surface area (Å²) in [4.78, 5) is 23.7. The van der Waals surface area contributed by atoms with Crippen molar-refractivity contribution in [2.75, 3.05) is 7.05 Å². The standard InChI is InChI=1S/C26H23N7O/c1-19(20-13-15-22(16-14-20)32-18-27-17-28-32)31(2)26(34)24-29-25(21-9-5-3-6-10-21)33(30-24)23-11-7-4-8-12-23/h3-19H,1-2H3/t19-/m0/s1. The van der Waals surface area contributed by atoms with Crippen molar-refractivity contribution in [1.82, 2.24) is 34.4 Å². The fourth-order valence-electron chi connectivity index (χ4n) is 3.73. The lowest BCUT2D eigenvalue weighted by atomic mass is 10.1. The maximum absolute atomic E-state index is 13.4. The van der Waals surface area contributed by atoms with Crippen LogP contribution in [0, 0.1) is 0 Å². The minimum absolute atomic E-state index is 0.149. The Morgan fingerprint density at radius 2 is 1.56 bits per heavy atom. The maximum atomic E-state index is 13.4. The van der Waals surface area contributed by atoms with E-state index >= 15 is 0 Å². The van der Waals surface area contributed by atoms with Crippen LogP contribution in [0.15, 0.2) is 97.6 Å². The predicted molar refractivity (Wildman–Crippen MR) is 129 cm³/mol. The number of amides is 1. The molecular formula is C26H23N7O. The van der Waals surface area contributed by atoms with E-state index in [0.29, 0.717) is 5.82 Å². The van der Waals surface area contributed by atoms with E-state index in [4.69, 9.17) is 0 Å². The number of hydrogen-bond acceptors (Lipinski definition) is 5. The minimum Gasteiger partial charge on any atom is -0.332 e. The molecule has 8 heteroatoms. The van der Waals surface area contributed by atoms with Crippen LogP contribution >= 0.6 is 0 Å². The number of nitrogens with zero attached hydrogens (tertiary/aromatic N) is 7. The first-order chi connectivity index (χ1) is 16.6. The third-order valence-corrected chi connectivity index (χ3v) is 5.79. The van der Waals surface area contributed by atoms with Crippen molar-refractivity contribution in [1.29, 1.82) is 0 Å². The molecule has 168 valence electrons. The molecule has 1 amide bonds. The summed E-state index contributed by atoms with van der Waals surface area (Å²) in [6.07, 6.45) is 3.14. The van der Waals surface area contributed by atoms with Crippen LogP contribution in [-0.2, 0) is 0 Å². The zero-order valence-corrected chi connectivity index (χ0v) is 18.9. The summed E-state index contributed by atoms with van der Waals surface area (Å²) in [5.74, 6) is 0.518. The number of carbonyl (C=O) groups excluding carboxylic acids is 1. The second-order valence-corrected chi connectivity index (χ2v) is 7.90. The van der Waals surface area contributed by atoms with Gasteiger partial charge in [-0.2, -0.15) is 5.10 Å². The van der Waals surface area contributed by atoms with Crippen LogP contribution in [0.25, 0.3) is 22.8 Å². The normalized spacial score (nSPS) is 11.8. The van der Waals surface area contributed by atoms with Crippen molar-refractivity contribution in [2.24, 2.45) is 0 Å². The van der Waals surface area contributed by atoms with Crippen molar-refractivity contribution in [3.63, 3.8) is 0 Å². The fourth-order valence-corrected chi connectivity index (χ4v) is 3.73. The molecule has 3 aromatic carbocycles. The van der Waals surface area contributed by atoms with Crippen molar-refractivity contribution >= 4 is 5.91 Å². The predicted octanol–water partition coefficient (Wildman–Crippen LogP) is 4.35. The van der Waals surface area contributed by atoms with Gasteiger partial charge >= 0.3 is 0 Å². The van der Waals surface area contributed by atoms with Gasteiger partial charge in [-0.25, -0.2) is 19.3 Å². The molecule has 0 aliphatic carbocycles. The van der Waals surface area contributed by atoms with E-state index in [0.717, 1.165) is 22.5 Å². The molecule has 5 aromatic rings. The molecule has 0 saturated heterocycles. The Kier molecular flexibility index (Phi) is 5.70. The molecular weight excluding hydrogens is 426 g/mol. The topological polar surface area (TPSA) is 81.7 Å². The van der Waals surface area contributed by atoms with Gasteiger partial charge in [-0.15, -0.1) is 5.10 Å². The van der Waals surface area contributed by atoms with Gasteiger partial charge in [0.1, 0.15) is 12.7 Å². The molecule has 34 heavy (non-hydrogen) atoms. The molecule has 0 N–H and O–H groups in total. The molecule has 8 nitrogen and oxygen atoms in total. The summed E-state index contributed by atoms with van der Waals surface area (Å²) in [6.45, 7) is 1.98. The van der Waals surface area contributed by atoms with Crippen molar-refractivity contribution in [2.45, 2.75) is 13.0 Å². The molecule has 5 rings (SSSR count). The van der Waals surface area contributed by atoms with Gasteiger partial charge in [-0.3, -0.25) is 4.79 Å². The molecule has 1 atom stereocenters. The van der Waals surface area contributed by atoms with Gasteiger partial charge in [0, 0.05) is 12.6 Å². The highest BCUT2D eigenvalue weighted by molar-refractivity contribution is 5.91. The van der Waals surface area contributed by atoms with Crippen LogP contribution in [0.2, 0.25) is 0 Å². The molecule has 0 aliphatic rings. The Bertz CT molecular complexity index is 1320. The van der Waals surface area contributed by atoms with E-state index in [9.17, 15) is 4.79 Å². The zero-order valence-electron chi connectivity index (χ0n) is 18.9. The summed E-state index contributed by atoms with van der Waals surface area (Å²) < 4.78 is 3.41. The monoisotopic (exact) mass is 449 g/mol. The van der Waals surface area contributed by atoms with Gasteiger partial charge in [0.05, 0.1) is 17.4 Å². The molecule has 0 unspecified atom stereocenters. The minimum atomic E-state index is -0.250. The summed E-state index contributed by atoms with van der Waals surface area (Å²) in [7, 11) is 1.77. The largest absolute Gasteiger partial charge is 0.332 e. The highest BCUT2D eigenvalue weighted by atomic mass is 16.2. The Morgan fingerprint density at radius 1 is 0.882 bits per heavy atom. The second-order valence-electron chi connectivity index (χ2n) is 7.90. The lowest BCUT2D eigenvalue weighted by molar-refractivity contribution is 0.0730. The van der Waals surface area contributed by atoms with Gasteiger partial charge in [0.15, 0.2) is 5.82 Å². The maximum Gasteiger partial charge on any atom is 0.293 e. The number of rotatable bonds is 6. The van der Waals surface area contributed by atoms with Crippen LogP contribution in [0.4, 0.5) is 0 Å². The summed E-state index contributed by atoms with van der Waals surface area (Å²) >= 11 is 0. The van der Waals surface area contributed by atoms with Crippen LogP contribution in [0.1, 0.15) is 29.1 Å². The average Bonchev–Trinajstić information content (AvgIpc) is 3.60. The molecule has 0 aliphatic heterocycles. The molecule has 0 radical (unpaired) electrons. The third kappa shape index (κ3) is 4.09. The summed E-state index contributed by atoms with van der Waals surface area (Å²) in [5, 5.41) is 8.74. The van der Waals surface area contributed by atoms with Gasteiger partial charge in [-0.1, -0.05) is 60.7 Å². The van der Waals surface area contributed by atoms with Crippen molar-refractivity contribution < 1.29 is 4.79 Å². The van der Waals surface area contributed by atoms with E-state index < -0.39 is 0 Å². The highest BCUT2D eigenvalue weighted by Crippen LogP contribution is 2.24. The number of aromatic nitrogens is 6. The first kappa shape index (κ1) is 21.3. The SMILES string of the molecule is C[C@@H](c1ccc(-n2cncn2)cc1)N(C)C(=O)c1nc(-c2ccccc2)n(-c2ccccc2)n1. The second kappa shape index (κ2) is 9.11. The summed E-state index contributed by atoms with van der Waals surface area (Å²) in [5.41, 5.74) is 3.62. The lowest BCUT2D eigenvalue weighted by Crippen LogP contribution is -2.30. The van der Waals surface area contributed by atoms with Crippen molar-refractivity contribution in [3.05, 3.63) is 109 Å². The Balaban J connectivity index is 1.44. The average molecular weight is 450 g/mol. The van der Waals surface area contributed by atoms with Gasteiger partial charge < -0.3 is 4.90 Å². The third-order valence-electron chi connectivity index (χ3n) is 5.79. The summed E-state index contributed by atoms with van der Waals surface area (Å²) in [6, 6.07) is 27.1. The number of carbonyl (C=O) groups is 1. The van der Waals surface area contributed by atoms with E-state index in [1.807, 2.05) is 91.9 Å². The molecule has 2 aromatic heterocycles. The molecule has 0 saturated carbocycles. The smallest absolute Gasteiger partial charge is 0.293 e.